The molecule has 2 aliphatic rings. The zero-order valence-corrected chi connectivity index (χ0v) is 11.7. The van der Waals surface area contributed by atoms with E-state index < -0.39 is 5.97 Å². The number of carbonyl (C=O) groups is 1. The van der Waals surface area contributed by atoms with Crippen molar-refractivity contribution in [2.24, 2.45) is 11.8 Å². The minimum absolute atomic E-state index is 0.344. The molecule has 2 aliphatic carbocycles. The summed E-state index contributed by atoms with van der Waals surface area (Å²) in [6.07, 6.45) is 4.33. The first-order valence-electron chi connectivity index (χ1n) is 6.83. The maximum Gasteiger partial charge on any atom is 0.336 e. The van der Waals surface area contributed by atoms with Crippen LogP contribution in [-0.4, -0.2) is 11.1 Å². The van der Waals surface area contributed by atoms with Gasteiger partial charge in [0.1, 0.15) is 0 Å². The van der Waals surface area contributed by atoms with Crippen LogP contribution in [0, 0.1) is 11.8 Å². The highest BCUT2D eigenvalue weighted by Gasteiger charge is 2.40. The first kappa shape index (κ1) is 12.8. The van der Waals surface area contributed by atoms with Crippen molar-refractivity contribution in [2.75, 3.05) is 5.73 Å². The van der Waals surface area contributed by atoms with Crippen molar-refractivity contribution >= 4 is 23.3 Å². The second kappa shape index (κ2) is 4.41. The number of hydrogen-bond donors (Lipinski definition) is 2. The lowest BCUT2D eigenvalue weighted by molar-refractivity contribution is 0.0695. The number of aromatic carboxylic acids is 1. The zero-order chi connectivity index (χ0) is 13.7. The lowest BCUT2D eigenvalue weighted by atomic mass is 9.75. The van der Waals surface area contributed by atoms with Crippen LogP contribution < -0.4 is 5.73 Å². The van der Waals surface area contributed by atoms with Gasteiger partial charge in [0.2, 0.25) is 0 Å². The molecule has 0 aromatic heterocycles. The Kier molecular flexibility index (Phi) is 2.97. The maximum atomic E-state index is 11.4. The number of anilines is 1. The van der Waals surface area contributed by atoms with Crippen molar-refractivity contribution < 1.29 is 9.90 Å². The van der Waals surface area contributed by atoms with Crippen LogP contribution in [0.3, 0.4) is 0 Å². The van der Waals surface area contributed by atoms with E-state index >= 15 is 0 Å². The van der Waals surface area contributed by atoms with Gasteiger partial charge < -0.3 is 10.8 Å². The molecule has 0 bridgehead atoms. The summed E-state index contributed by atoms with van der Waals surface area (Å²) in [6.45, 7) is 2.26. The highest BCUT2D eigenvalue weighted by molar-refractivity contribution is 6.33. The van der Waals surface area contributed by atoms with Gasteiger partial charge in [-0.05, 0) is 54.2 Å². The lowest BCUT2D eigenvalue weighted by Crippen LogP contribution is -2.19. The van der Waals surface area contributed by atoms with Gasteiger partial charge in [-0.2, -0.15) is 0 Å². The quantitative estimate of drug-likeness (QED) is 0.771. The Morgan fingerprint density at radius 2 is 2.21 bits per heavy atom. The van der Waals surface area contributed by atoms with Crippen LogP contribution in [-0.2, 0) is 6.42 Å². The number of fused-ring (bicyclic) bond motifs is 3. The van der Waals surface area contributed by atoms with Crippen LogP contribution in [0.5, 0.6) is 0 Å². The monoisotopic (exact) mass is 279 g/mol. The molecule has 3 unspecified atom stereocenters. The minimum Gasteiger partial charge on any atom is -0.478 e. The van der Waals surface area contributed by atoms with Crippen LogP contribution in [0.1, 0.15) is 53.6 Å². The molecule has 1 fully saturated rings. The van der Waals surface area contributed by atoms with E-state index in [1.54, 1.807) is 0 Å². The van der Waals surface area contributed by atoms with E-state index in [4.69, 9.17) is 17.3 Å². The second-order valence-corrected chi connectivity index (χ2v) is 6.41. The smallest absolute Gasteiger partial charge is 0.336 e. The van der Waals surface area contributed by atoms with Crippen LogP contribution in [0.4, 0.5) is 5.69 Å². The Balaban J connectivity index is 2.16. The maximum absolute atomic E-state index is 11.4. The lowest BCUT2D eigenvalue weighted by Gasteiger charge is -2.30. The van der Waals surface area contributed by atoms with Crippen molar-refractivity contribution in [3.63, 3.8) is 0 Å². The molecule has 4 heteroatoms. The molecule has 102 valence electrons. The summed E-state index contributed by atoms with van der Waals surface area (Å²) in [5.41, 5.74) is 9.03. The third-order valence-corrected chi connectivity index (χ3v) is 5.10. The third-order valence-electron chi connectivity index (χ3n) is 4.79. The largest absolute Gasteiger partial charge is 0.478 e. The number of carboxylic acids is 1. The molecule has 0 aliphatic heterocycles. The van der Waals surface area contributed by atoms with E-state index in [1.165, 1.54) is 12.5 Å². The summed E-state index contributed by atoms with van der Waals surface area (Å²) >= 11 is 6.12. The van der Waals surface area contributed by atoms with Gasteiger partial charge in [-0.25, -0.2) is 4.79 Å². The van der Waals surface area contributed by atoms with Crippen LogP contribution >= 0.6 is 11.6 Å². The molecule has 3 atom stereocenters. The molecule has 3 rings (SSSR count). The minimum atomic E-state index is -0.898. The predicted octanol–water partition coefficient (Wildman–Crippen LogP) is 3.70. The van der Waals surface area contributed by atoms with Gasteiger partial charge in [0.05, 0.1) is 16.3 Å². The Morgan fingerprint density at radius 3 is 2.89 bits per heavy atom. The Morgan fingerprint density at radius 1 is 1.47 bits per heavy atom. The average molecular weight is 280 g/mol. The number of hydrogen-bond acceptors (Lipinski definition) is 2. The fourth-order valence-corrected chi connectivity index (χ4v) is 4.08. The second-order valence-electron chi connectivity index (χ2n) is 6.01. The summed E-state index contributed by atoms with van der Waals surface area (Å²) in [5, 5.41) is 9.73. The topological polar surface area (TPSA) is 63.3 Å². The number of nitrogen functional groups attached to an aromatic ring is 1. The van der Waals surface area contributed by atoms with E-state index in [0.717, 1.165) is 30.4 Å². The molecule has 0 amide bonds. The van der Waals surface area contributed by atoms with Crippen molar-refractivity contribution in [2.45, 2.75) is 38.5 Å². The van der Waals surface area contributed by atoms with Gasteiger partial charge in [0, 0.05) is 0 Å². The molecular formula is C15H18ClNO2. The van der Waals surface area contributed by atoms with Crippen LogP contribution in [0.25, 0.3) is 0 Å². The first-order chi connectivity index (χ1) is 8.99. The first-order valence-corrected chi connectivity index (χ1v) is 7.20. The van der Waals surface area contributed by atoms with E-state index in [1.807, 2.05) is 0 Å². The van der Waals surface area contributed by atoms with Gasteiger partial charge in [-0.3, -0.25) is 0 Å². The molecule has 0 saturated heterocycles. The average Bonchev–Trinajstić information content (AvgIpc) is 2.72. The molecule has 1 saturated carbocycles. The number of nitrogens with two attached hydrogens (primary N) is 1. The molecule has 1 aromatic rings. The van der Waals surface area contributed by atoms with Crippen LogP contribution in [0.2, 0.25) is 5.02 Å². The molecule has 0 spiro atoms. The number of carboxylic acid groups (broad SMARTS) is 1. The highest BCUT2D eigenvalue weighted by Crippen LogP contribution is 2.52. The molecule has 0 heterocycles. The van der Waals surface area contributed by atoms with Gasteiger partial charge in [0.25, 0.3) is 0 Å². The van der Waals surface area contributed by atoms with Crippen molar-refractivity contribution in [3.8, 4) is 0 Å². The molecule has 3 N–H and O–H groups in total. The van der Waals surface area contributed by atoms with Gasteiger partial charge in [-0.15, -0.1) is 0 Å². The predicted molar refractivity (Wildman–Crippen MR) is 75.8 cm³/mol. The van der Waals surface area contributed by atoms with Crippen molar-refractivity contribution in [1.29, 1.82) is 0 Å². The number of benzene rings is 1. The third kappa shape index (κ3) is 1.91. The summed E-state index contributed by atoms with van der Waals surface area (Å²) in [4.78, 5) is 11.4. The molecular weight excluding hydrogens is 262 g/mol. The number of halogens is 1. The Labute approximate surface area is 117 Å². The molecule has 1 aromatic carbocycles. The van der Waals surface area contributed by atoms with E-state index in [0.29, 0.717) is 34.0 Å². The van der Waals surface area contributed by atoms with E-state index in [-0.39, 0.29) is 0 Å². The van der Waals surface area contributed by atoms with E-state index in [2.05, 4.69) is 6.92 Å². The van der Waals surface area contributed by atoms with Gasteiger partial charge in [0.15, 0.2) is 0 Å². The highest BCUT2D eigenvalue weighted by atomic mass is 35.5. The van der Waals surface area contributed by atoms with Crippen molar-refractivity contribution in [1.82, 2.24) is 0 Å². The summed E-state index contributed by atoms with van der Waals surface area (Å²) in [6, 6.07) is 1.51. The summed E-state index contributed by atoms with van der Waals surface area (Å²) in [5.74, 6) is 0.726. The fourth-order valence-electron chi connectivity index (χ4n) is 3.87. The molecule has 0 radical (unpaired) electrons. The molecule has 19 heavy (non-hydrogen) atoms. The standard InChI is InChI=1S/C15H18ClNO2/c1-7-2-3-8-5-10-11(15(18)19)6-12(16)14(17)13(10)9(8)4-7/h6-9H,2-5,17H2,1H3,(H,18,19). The Hall–Kier alpha value is -1.22. The number of rotatable bonds is 1. The normalized spacial score (nSPS) is 28.8. The fraction of sp³-hybridized carbons (Fsp3) is 0.533. The van der Waals surface area contributed by atoms with Gasteiger partial charge >= 0.3 is 5.97 Å². The Bertz CT molecular complexity index is 556. The van der Waals surface area contributed by atoms with Crippen LogP contribution in [0.15, 0.2) is 6.07 Å². The molecule has 3 nitrogen and oxygen atoms in total. The van der Waals surface area contributed by atoms with Crippen molar-refractivity contribution in [3.05, 3.63) is 27.8 Å². The van der Waals surface area contributed by atoms with Gasteiger partial charge in [-0.1, -0.05) is 24.9 Å². The SMILES string of the molecule is CC1CCC2Cc3c(C(=O)O)cc(Cl)c(N)c3C2C1. The van der Waals surface area contributed by atoms with E-state index in [9.17, 15) is 9.90 Å². The zero-order valence-electron chi connectivity index (χ0n) is 10.9. The summed E-state index contributed by atoms with van der Waals surface area (Å²) in [7, 11) is 0. The summed E-state index contributed by atoms with van der Waals surface area (Å²) < 4.78 is 0.